The summed E-state index contributed by atoms with van der Waals surface area (Å²) in [7, 11) is 0. The van der Waals surface area contributed by atoms with E-state index in [4.69, 9.17) is 0 Å². The Balaban J connectivity index is 0.000000186. The van der Waals surface area contributed by atoms with Gasteiger partial charge in [0.1, 0.15) is 0 Å². The Morgan fingerprint density at radius 3 is 2.32 bits per heavy atom. The van der Waals surface area contributed by atoms with Crippen molar-refractivity contribution in [2.24, 2.45) is 0 Å². The van der Waals surface area contributed by atoms with E-state index >= 15 is 0 Å². The number of aryl methyl sites for hydroxylation is 2. The van der Waals surface area contributed by atoms with Gasteiger partial charge in [0.05, 0.1) is 0 Å². The molecule has 19 heavy (non-hydrogen) atoms. The van der Waals surface area contributed by atoms with Crippen LogP contribution in [0.2, 0.25) is 0 Å². The molecule has 3 rings (SSSR count). The molecule has 1 aromatic carbocycles. The molecule has 0 bridgehead atoms. The molecule has 1 heteroatoms. The van der Waals surface area contributed by atoms with E-state index in [0.29, 0.717) is 5.41 Å². The highest BCUT2D eigenvalue weighted by Crippen LogP contribution is 2.36. The summed E-state index contributed by atoms with van der Waals surface area (Å²) in [5, 5.41) is 3.28. The minimum Gasteiger partial charge on any atom is -0.317 e. The molecule has 1 aliphatic heterocycles. The van der Waals surface area contributed by atoms with Crippen LogP contribution >= 0.6 is 0 Å². The molecule has 0 saturated carbocycles. The van der Waals surface area contributed by atoms with E-state index in [9.17, 15) is 0 Å². The van der Waals surface area contributed by atoms with Gasteiger partial charge in [-0.05, 0) is 68.7 Å². The molecule has 106 valence electrons. The normalized spacial score (nSPS) is 21.0. The number of rotatable bonds is 0. The molecule has 0 spiro atoms. The topological polar surface area (TPSA) is 12.0 Å². The molecule has 2 aliphatic rings. The van der Waals surface area contributed by atoms with Gasteiger partial charge in [0.15, 0.2) is 0 Å². The number of piperidine rings is 1. The highest BCUT2D eigenvalue weighted by atomic mass is 14.9. The second kappa shape index (κ2) is 6.56. The maximum Gasteiger partial charge on any atom is -0.00489 e. The van der Waals surface area contributed by atoms with Crippen molar-refractivity contribution >= 4 is 0 Å². The van der Waals surface area contributed by atoms with Crippen molar-refractivity contribution in [3.8, 4) is 0 Å². The average molecular weight is 259 g/mol. The van der Waals surface area contributed by atoms with Crippen LogP contribution in [0.3, 0.4) is 0 Å². The average Bonchev–Trinajstić information content (AvgIpc) is 2.40. The summed E-state index contributed by atoms with van der Waals surface area (Å²) >= 11 is 0. The second-order valence-electron chi connectivity index (χ2n) is 6.71. The minimum atomic E-state index is 0.404. The van der Waals surface area contributed by atoms with E-state index < -0.39 is 0 Å². The Hall–Kier alpha value is -0.820. The van der Waals surface area contributed by atoms with Crippen molar-refractivity contribution in [1.29, 1.82) is 0 Å². The largest absolute Gasteiger partial charge is 0.317 e. The van der Waals surface area contributed by atoms with Crippen molar-refractivity contribution in [1.82, 2.24) is 5.32 Å². The lowest BCUT2D eigenvalue weighted by Crippen LogP contribution is -2.23. The molecule has 1 saturated heterocycles. The second-order valence-corrected chi connectivity index (χ2v) is 6.71. The first-order chi connectivity index (χ1) is 9.09. The third-order valence-corrected chi connectivity index (χ3v) is 4.44. The molecule has 1 fully saturated rings. The van der Waals surface area contributed by atoms with Gasteiger partial charge in [-0.2, -0.15) is 0 Å². The summed E-state index contributed by atoms with van der Waals surface area (Å²) in [4.78, 5) is 0. The molecule has 0 atom stereocenters. The molecule has 0 unspecified atom stereocenters. The van der Waals surface area contributed by atoms with Gasteiger partial charge in [-0.25, -0.2) is 0 Å². The number of benzene rings is 1. The molecule has 0 amide bonds. The highest BCUT2D eigenvalue weighted by Gasteiger charge is 2.26. The minimum absolute atomic E-state index is 0.404. The molecular weight excluding hydrogens is 230 g/mol. The summed E-state index contributed by atoms with van der Waals surface area (Å²) in [5.74, 6) is 0. The SMILES string of the molecule is C1CCNCC1.Cc1ccc2c(c1)CCCC2(C)C. The maximum atomic E-state index is 3.28. The number of hydrogen-bond acceptors (Lipinski definition) is 1. The predicted molar refractivity (Wildman–Crippen MR) is 83.9 cm³/mol. The van der Waals surface area contributed by atoms with Crippen LogP contribution < -0.4 is 5.32 Å². The molecule has 1 aliphatic carbocycles. The molecule has 1 heterocycles. The zero-order chi connectivity index (χ0) is 13.7. The van der Waals surface area contributed by atoms with E-state index in [2.05, 4.69) is 44.3 Å². The fraction of sp³-hybridized carbons (Fsp3) is 0.667. The van der Waals surface area contributed by atoms with Gasteiger partial charge in [-0.3, -0.25) is 0 Å². The molecule has 0 radical (unpaired) electrons. The third-order valence-electron chi connectivity index (χ3n) is 4.44. The van der Waals surface area contributed by atoms with Crippen LogP contribution in [0.4, 0.5) is 0 Å². The molecule has 1 nitrogen and oxygen atoms in total. The fourth-order valence-corrected chi connectivity index (χ4v) is 3.25. The van der Waals surface area contributed by atoms with Crippen molar-refractivity contribution in [2.75, 3.05) is 13.1 Å². The predicted octanol–water partition coefficient (Wildman–Crippen LogP) is 4.37. The zero-order valence-electron chi connectivity index (χ0n) is 12.9. The van der Waals surface area contributed by atoms with E-state index in [1.165, 1.54) is 57.2 Å². The van der Waals surface area contributed by atoms with Crippen molar-refractivity contribution < 1.29 is 0 Å². The molecule has 1 aromatic rings. The van der Waals surface area contributed by atoms with Crippen LogP contribution in [0.5, 0.6) is 0 Å². The van der Waals surface area contributed by atoms with Gasteiger partial charge < -0.3 is 5.32 Å². The monoisotopic (exact) mass is 259 g/mol. The number of nitrogens with one attached hydrogen (secondary N) is 1. The maximum absolute atomic E-state index is 3.28. The van der Waals surface area contributed by atoms with Gasteiger partial charge >= 0.3 is 0 Å². The first-order valence-electron chi connectivity index (χ1n) is 7.90. The summed E-state index contributed by atoms with van der Waals surface area (Å²) in [6.07, 6.45) is 8.18. The summed E-state index contributed by atoms with van der Waals surface area (Å²) < 4.78 is 0. The molecular formula is C18H29N. The number of fused-ring (bicyclic) bond motifs is 1. The zero-order valence-corrected chi connectivity index (χ0v) is 12.9. The Kier molecular flexibility index (Phi) is 5.04. The lowest BCUT2D eigenvalue weighted by Gasteiger charge is -2.32. The van der Waals surface area contributed by atoms with Crippen LogP contribution in [-0.4, -0.2) is 13.1 Å². The van der Waals surface area contributed by atoms with Crippen molar-refractivity contribution in [2.45, 2.75) is 64.7 Å². The molecule has 0 aromatic heterocycles. The fourth-order valence-electron chi connectivity index (χ4n) is 3.25. The lowest BCUT2D eigenvalue weighted by molar-refractivity contribution is 0.432. The van der Waals surface area contributed by atoms with Crippen LogP contribution in [0.25, 0.3) is 0 Å². The van der Waals surface area contributed by atoms with Crippen molar-refractivity contribution in [3.63, 3.8) is 0 Å². The van der Waals surface area contributed by atoms with Gasteiger partial charge in [0.25, 0.3) is 0 Å². The van der Waals surface area contributed by atoms with Gasteiger partial charge in [-0.15, -0.1) is 0 Å². The van der Waals surface area contributed by atoms with E-state index in [1.807, 2.05) is 0 Å². The lowest BCUT2D eigenvalue weighted by atomic mass is 9.72. The van der Waals surface area contributed by atoms with Crippen LogP contribution in [-0.2, 0) is 11.8 Å². The number of hydrogen-bond donors (Lipinski definition) is 1. The first kappa shape index (κ1) is 14.6. The third kappa shape index (κ3) is 4.07. The summed E-state index contributed by atoms with van der Waals surface area (Å²) in [6.45, 7) is 9.41. The quantitative estimate of drug-likeness (QED) is 0.729. The van der Waals surface area contributed by atoms with Gasteiger partial charge in [0, 0.05) is 0 Å². The van der Waals surface area contributed by atoms with E-state index in [1.54, 1.807) is 11.1 Å². The highest BCUT2D eigenvalue weighted by molar-refractivity contribution is 5.38. The van der Waals surface area contributed by atoms with Crippen LogP contribution in [0.1, 0.15) is 62.6 Å². The van der Waals surface area contributed by atoms with Crippen LogP contribution in [0.15, 0.2) is 18.2 Å². The smallest absolute Gasteiger partial charge is 0.00489 e. The Morgan fingerprint density at radius 2 is 1.74 bits per heavy atom. The van der Waals surface area contributed by atoms with E-state index in [-0.39, 0.29) is 0 Å². The van der Waals surface area contributed by atoms with Gasteiger partial charge in [0.2, 0.25) is 0 Å². The Morgan fingerprint density at radius 1 is 1.00 bits per heavy atom. The van der Waals surface area contributed by atoms with Crippen molar-refractivity contribution in [3.05, 3.63) is 34.9 Å². The summed E-state index contributed by atoms with van der Waals surface area (Å²) in [6, 6.07) is 6.92. The molecule has 1 N–H and O–H groups in total. The van der Waals surface area contributed by atoms with Crippen LogP contribution in [0, 0.1) is 6.92 Å². The van der Waals surface area contributed by atoms with Gasteiger partial charge in [-0.1, -0.05) is 44.0 Å². The Bertz CT molecular complexity index is 391. The first-order valence-corrected chi connectivity index (χ1v) is 7.90. The summed E-state index contributed by atoms with van der Waals surface area (Å²) in [5.41, 5.74) is 4.96. The standard InChI is InChI=1S/C13H18.C5H11N/c1-10-6-7-12-11(9-10)5-4-8-13(12,2)3;1-2-4-6-5-3-1/h6-7,9H,4-5,8H2,1-3H3;6H,1-5H2. The van der Waals surface area contributed by atoms with E-state index in [0.717, 1.165) is 0 Å². The Labute approximate surface area is 118 Å².